The summed E-state index contributed by atoms with van der Waals surface area (Å²) in [6.07, 6.45) is 5.22. The average molecular weight is 339 g/mol. The molecule has 0 radical (unpaired) electrons. The Morgan fingerprint density at radius 1 is 1.23 bits per heavy atom. The van der Waals surface area contributed by atoms with Gasteiger partial charge in [-0.1, -0.05) is 28.0 Å². The van der Waals surface area contributed by atoms with Gasteiger partial charge in [-0.3, -0.25) is 4.79 Å². The number of rotatable bonds is 6. The van der Waals surface area contributed by atoms with Gasteiger partial charge in [0.25, 0.3) is 0 Å². The van der Waals surface area contributed by atoms with Crippen molar-refractivity contribution in [3.63, 3.8) is 0 Å². The van der Waals surface area contributed by atoms with Crippen molar-refractivity contribution in [2.75, 3.05) is 24.3 Å². The van der Waals surface area contributed by atoms with Crippen molar-refractivity contribution in [2.45, 2.75) is 37.4 Å². The molecule has 3 rings (SSSR count). The summed E-state index contributed by atoms with van der Waals surface area (Å²) in [5.74, 6) is 2.81. The highest BCUT2D eigenvalue weighted by Gasteiger charge is 2.16. The number of carbonyl (C=O) groups excluding carboxylic acids is 1. The highest BCUT2D eigenvalue weighted by molar-refractivity contribution is 8.77. The Labute approximate surface area is 139 Å². The van der Waals surface area contributed by atoms with E-state index in [1.807, 2.05) is 39.8 Å². The summed E-state index contributed by atoms with van der Waals surface area (Å²) in [6.45, 7) is 1.14. The van der Waals surface area contributed by atoms with Gasteiger partial charge in [-0.05, 0) is 31.4 Å². The van der Waals surface area contributed by atoms with Crippen LogP contribution >= 0.6 is 21.6 Å². The van der Waals surface area contributed by atoms with Crippen molar-refractivity contribution < 1.29 is 14.3 Å². The molecule has 1 saturated heterocycles. The fourth-order valence-electron chi connectivity index (χ4n) is 2.57. The molecule has 2 heterocycles. The van der Waals surface area contributed by atoms with Crippen molar-refractivity contribution in [3.05, 3.63) is 18.2 Å². The fraction of sp³-hybridized carbons (Fsp3) is 0.562. The highest BCUT2D eigenvalue weighted by atomic mass is 33.1. The molecule has 0 saturated carbocycles. The molecule has 1 fully saturated rings. The molecule has 0 spiro atoms. The SMILES string of the molecule is O=C(CCCCC1CCSS1)Nc1ccc2c(c1)OCCO2. The number of hydrogen-bond donors (Lipinski definition) is 1. The minimum Gasteiger partial charge on any atom is -0.486 e. The second-order valence-electron chi connectivity index (χ2n) is 5.48. The van der Waals surface area contributed by atoms with E-state index in [-0.39, 0.29) is 5.91 Å². The first-order chi connectivity index (χ1) is 10.8. The first-order valence-electron chi connectivity index (χ1n) is 7.79. The fourth-order valence-corrected chi connectivity index (χ4v) is 5.59. The van der Waals surface area contributed by atoms with Gasteiger partial charge in [-0.2, -0.15) is 0 Å². The van der Waals surface area contributed by atoms with Gasteiger partial charge in [-0.15, -0.1) is 0 Å². The lowest BCUT2D eigenvalue weighted by atomic mass is 10.1. The third kappa shape index (κ3) is 4.49. The number of anilines is 1. The lowest BCUT2D eigenvalue weighted by Crippen LogP contribution is -2.16. The van der Waals surface area contributed by atoms with Gasteiger partial charge in [0, 0.05) is 29.2 Å². The first-order valence-corrected chi connectivity index (χ1v) is 10.2. The van der Waals surface area contributed by atoms with E-state index in [1.165, 1.54) is 18.6 Å². The van der Waals surface area contributed by atoms with Crippen LogP contribution in [0.2, 0.25) is 0 Å². The quantitative estimate of drug-likeness (QED) is 0.624. The Balaban J connectivity index is 1.39. The molecule has 1 unspecified atom stereocenters. The monoisotopic (exact) mass is 339 g/mol. The van der Waals surface area contributed by atoms with Crippen LogP contribution in [0, 0.1) is 0 Å². The molecule has 1 aromatic rings. The van der Waals surface area contributed by atoms with Crippen molar-refractivity contribution >= 4 is 33.2 Å². The molecule has 6 heteroatoms. The summed E-state index contributed by atoms with van der Waals surface area (Å²) in [6, 6.07) is 5.54. The van der Waals surface area contributed by atoms with Crippen LogP contribution in [-0.4, -0.2) is 30.1 Å². The topological polar surface area (TPSA) is 47.6 Å². The first kappa shape index (κ1) is 15.9. The lowest BCUT2D eigenvalue weighted by Gasteiger charge is -2.19. The van der Waals surface area contributed by atoms with E-state index in [0.29, 0.717) is 25.4 Å². The molecule has 0 bridgehead atoms. The largest absolute Gasteiger partial charge is 0.486 e. The van der Waals surface area contributed by atoms with Gasteiger partial charge < -0.3 is 14.8 Å². The molecule has 1 atom stereocenters. The molecule has 4 nitrogen and oxygen atoms in total. The molecule has 2 aliphatic rings. The van der Waals surface area contributed by atoms with Crippen molar-refractivity contribution in [1.29, 1.82) is 0 Å². The summed E-state index contributed by atoms with van der Waals surface area (Å²) in [7, 11) is 3.98. The van der Waals surface area contributed by atoms with Crippen LogP contribution in [0.25, 0.3) is 0 Å². The lowest BCUT2D eigenvalue weighted by molar-refractivity contribution is -0.116. The second kappa shape index (κ2) is 8.02. The van der Waals surface area contributed by atoms with E-state index < -0.39 is 0 Å². The molecule has 22 heavy (non-hydrogen) atoms. The van der Waals surface area contributed by atoms with E-state index >= 15 is 0 Å². The maximum absolute atomic E-state index is 12.0. The Morgan fingerprint density at radius 3 is 2.91 bits per heavy atom. The number of fused-ring (bicyclic) bond motifs is 1. The normalized spacial score (nSPS) is 19.9. The van der Waals surface area contributed by atoms with Gasteiger partial charge in [0.2, 0.25) is 5.91 Å². The Kier molecular flexibility index (Phi) is 5.78. The minimum absolute atomic E-state index is 0.0742. The summed E-state index contributed by atoms with van der Waals surface area (Å²) < 4.78 is 11.0. The summed E-state index contributed by atoms with van der Waals surface area (Å²) in [5, 5.41) is 3.73. The molecular formula is C16H21NO3S2. The maximum Gasteiger partial charge on any atom is 0.224 e. The number of nitrogens with one attached hydrogen (secondary N) is 1. The predicted molar refractivity (Wildman–Crippen MR) is 93.0 cm³/mol. The zero-order valence-electron chi connectivity index (χ0n) is 12.5. The molecule has 0 aromatic heterocycles. The summed E-state index contributed by atoms with van der Waals surface area (Å²) in [5.41, 5.74) is 0.775. The number of ether oxygens (including phenoxy) is 2. The summed E-state index contributed by atoms with van der Waals surface area (Å²) in [4.78, 5) is 12.0. The minimum atomic E-state index is 0.0742. The van der Waals surface area contributed by atoms with Gasteiger partial charge >= 0.3 is 0 Å². The second-order valence-corrected chi connectivity index (χ2v) is 8.27. The number of carbonyl (C=O) groups is 1. The molecule has 2 aliphatic heterocycles. The van der Waals surface area contributed by atoms with Gasteiger partial charge in [0.05, 0.1) is 0 Å². The standard InChI is InChI=1S/C16H21NO3S2/c18-16(4-2-1-3-13-7-10-21-22-13)17-12-5-6-14-15(11-12)20-9-8-19-14/h5-6,11,13H,1-4,7-10H2,(H,17,18). The number of amides is 1. The van der Waals surface area contributed by atoms with Gasteiger partial charge in [0.1, 0.15) is 13.2 Å². The molecule has 1 N–H and O–H groups in total. The smallest absolute Gasteiger partial charge is 0.224 e. The van der Waals surface area contributed by atoms with Gasteiger partial charge in [-0.25, -0.2) is 0 Å². The highest BCUT2D eigenvalue weighted by Crippen LogP contribution is 2.40. The number of unbranched alkanes of at least 4 members (excludes halogenated alkanes) is 1. The van der Waals surface area contributed by atoms with E-state index in [9.17, 15) is 4.79 Å². The van der Waals surface area contributed by atoms with Crippen molar-refractivity contribution in [1.82, 2.24) is 0 Å². The predicted octanol–water partition coefficient (Wildman–Crippen LogP) is 4.11. The van der Waals surface area contributed by atoms with Crippen LogP contribution in [0.1, 0.15) is 32.1 Å². The zero-order valence-corrected chi connectivity index (χ0v) is 14.1. The maximum atomic E-state index is 12.0. The van der Waals surface area contributed by atoms with Crippen LogP contribution in [0.4, 0.5) is 5.69 Å². The molecule has 1 aromatic carbocycles. The van der Waals surface area contributed by atoms with Crippen LogP contribution in [0.15, 0.2) is 18.2 Å². The van der Waals surface area contributed by atoms with Crippen molar-refractivity contribution in [3.8, 4) is 11.5 Å². The van der Waals surface area contributed by atoms with Crippen LogP contribution in [-0.2, 0) is 4.79 Å². The Morgan fingerprint density at radius 2 is 2.09 bits per heavy atom. The summed E-state index contributed by atoms with van der Waals surface area (Å²) >= 11 is 0. The Bertz CT molecular complexity index is 518. The van der Waals surface area contributed by atoms with E-state index in [4.69, 9.17) is 9.47 Å². The zero-order chi connectivity index (χ0) is 15.2. The van der Waals surface area contributed by atoms with Crippen LogP contribution in [0.3, 0.4) is 0 Å². The van der Waals surface area contributed by atoms with Crippen LogP contribution < -0.4 is 14.8 Å². The third-order valence-electron chi connectivity index (χ3n) is 3.73. The van der Waals surface area contributed by atoms with E-state index in [2.05, 4.69) is 5.32 Å². The van der Waals surface area contributed by atoms with Gasteiger partial charge in [0.15, 0.2) is 11.5 Å². The molecule has 1 amide bonds. The average Bonchev–Trinajstić information content (AvgIpc) is 3.05. The molecule has 120 valence electrons. The molecule has 0 aliphatic carbocycles. The van der Waals surface area contributed by atoms with Crippen molar-refractivity contribution in [2.24, 2.45) is 0 Å². The Hall–Kier alpha value is -1.01. The van der Waals surface area contributed by atoms with Crippen LogP contribution in [0.5, 0.6) is 11.5 Å². The number of benzene rings is 1. The molecular weight excluding hydrogens is 318 g/mol. The van der Waals surface area contributed by atoms with E-state index in [1.54, 1.807) is 0 Å². The number of hydrogen-bond acceptors (Lipinski definition) is 5. The van der Waals surface area contributed by atoms with E-state index in [0.717, 1.165) is 29.5 Å². The third-order valence-corrected chi connectivity index (χ3v) is 6.74.